The number of hydrogen-bond acceptors (Lipinski definition) is 1. The molecule has 1 heteroatoms. The van der Waals surface area contributed by atoms with Crippen molar-refractivity contribution in [1.29, 1.82) is 0 Å². The van der Waals surface area contributed by atoms with Crippen LogP contribution in [0, 0.1) is 6.92 Å². The van der Waals surface area contributed by atoms with E-state index in [-0.39, 0.29) is 5.78 Å². The van der Waals surface area contributed by atoms with E-state index in [1.165, 1.54) is 11.1 Å². The van der Waals surface area contributed by atoms with Crippen molar-refractivity contribution < 1.29 is 4.79 Å². The first-order chi connectivity index (χ1) is 9.54. The second-order valence-corrected chi connectivity index (χ2v) is 5.77. The highest BCUT2D eigenvalue weighted by Crippen LogP contribution is 2.15. The predicted molar refractivity (Wildman–Crippen MR) is 84.1 cm³/mol. The molecule has 0 radical (unpaired) electrons. The first-order valence-electron chi connectivity index (χ1n) is 7.20. The van der Waals surface area contributed by atoms with E-state index >= 15 is 0 Å². The van der Waals surface area contributed by atoms with Gasteiger partial charge < -0.3 is 0 Å². The summed E-state index contributed by atoms with van der Waals surface area (Å²) in [5.41, 5.74) is 4.75. The molecule has 0 spiro atoms. The monoisotopic (exact) mass is 266 g/mol. The van der Waals surface area contributed by atoms with Crippen LogP contribution in [0.4, 0.5) is 0 Å². The van der Waals surface area contributed by atoms with Crippen molar-refractivity contribution in [3.63, 3.8) is 0 Å². The molecule has 0 aliphatic carbocycles. The zero-order chi connectivity index (χ0) is 14.5. The lowest BCUT2D eigenvalue weighted by atomic mass is 9.98. The van der Waals surface area contributed by atoms with Gasteiger partial charge >= 0.3 is 0 Å². The number of benzene rings is 2. The largest absolute Gasteiger partial charge is 0.299 e. The molecule has 1 nitrogen and oxygen atoms in total. The maximum absolute atomic E-state index is 12.1. The standard InChI is InChI=1S/C19H22O/c1-14(2)18-10-8-17(9-11-18)13-19(20)12-16-6-4-15(3)5-7-16/h4-11,14H,12-13H2,1-3H3. The van der Waals surface area contributed by atoms with Gasteiger partial charge in [-0.3, -0.25) is 4.79 Å². The minimum atomic E-state index is 0.270. The van der Waals surface area contributed by atoms with Crippen LogP contribution in [0.3, 0.4) is 0 Å². The van der Waals surface area contributed by atoms with Crippen LogP contribution in [0.2, 0.25) is 0 Å². The first-order valence-corrected chi connectivity index (χ1v) is 7.20. The average Bonchev–Trinajstić information content (AvgIpc) is 2.42. The van der Waals surface area contributed by atoms with Crippen molar-refractivity contribution in [1.82, 2.24) is 0 Å². The Morgan fingerprint density at radius 1 is 0.850 bits per heavy atom. The molecule has 0 aromatic heterocycles. The molecule has 0 aliphatic heterocycles. The van der Waals surface area contributed by atoms with Crippen LogP contribution in [0.15, 0.2) is 48.5 Å². The van der Waals surface area contributed by atoms with Crippen molar-refractivity contribution in [3.05, 3.63) is 70.8 Å². The van der Waals surface area contributed by atoms with Gasteiger partial charge in [0.05, 0.1) is 0 Å². The highest BCUT2D eigenvalue weighted by molar-refractivity contribution is 5.83. The topological polar surface area (TPSA) is 17.1 Å². The molecule has 0 unspecified atom stereocenters. The molecule has 0 atom stereocenters. The predicted octanol–water partition coefficient (Wildman–Crippen LogP) is 4.47. The fourth-order valence-corrected chi connectivity index (χ4v) is 2.24. The van der Waals surface area contributed by atoms with Gasteiger partial charge in [-0.2, -0.15) is 0 Å². The molecule has 0 saturated heterocycles. The van der Waals surface area contributed by atoms with Crippen LogP contribution in [0.5, 0.6) is 0 Å². The number of Topliss-reactive ketones (excluding diaryl/α,β-unsaturated/α-hetero) is 1. The van der Waals surface area contributed by atoms with Crippen molar-refractivity contribution in [2.24, 2.45) is 0 Å². The molecule has 0 aliphatic rings. The van der Waals surface area contributed by atoms with Gasteiger partial charge in [0, 0.05) is 12.8 Å². The minimum Gasteiger partial charge on any atom is -0.299 e. The van der Waals surface area contributed by atoms with E-state index < -0.39 is 0 Å². The zero-order valence-electron chi connectivity index (χ0n) is 12.5. The highest BCUT2D eigenvalue weighted by Gasteiger charge is 2.06. The second-order valence-electron chi connectivity index (χ2n) is 5.77. The lowest BCUT2D eigenvalue weighted by molar-refractivity contribution is -0.117. The Kier molecular flexibility index (Phi) is 4.73. The molecule has 0 N–H and O–H groups in total. The van der Waals surface area contributed by atoms with Gasteiger partial charge in [-0.1, -0.05) is 67.9 Å². The Hall–Kier alpha value is -1.89. The molecule has 0 bridgehead atoms. The molecule has 0 amide bonds. The van der Waals surface area contributed by atoms with Gasteiger partial charge in [-0.25, -0.2) is 0 Å². The van der Waals surface area contributed by atoms with Gasteiger partial charge in [0.1, 0.15) is 5.78 Å². The normalized spacial score (nSPS) is 10.8. The number of ketones is 1. The quantitative estimate of drug-likeness (QED) is 0.780. The maximum atomic E-state index is 12.1. The summed E-state index contributed by atoms with van der Waals surface area (Å²) in [5.74, 6) is 0.804. The van der Waals surface area contributed by atoms with Gasteiger partial charge in [0.25, 0.3) is 0 Å². The Morgan fingerprint density at radius 2 is 1.30 bits per heavy atom. The van der Waals surface area contributed by atoms with E-state index in [9.17, 15) is 4.79 Å². The van der Waals surface area contributed by atoms with Gasteiger partial charge in [-0.15, -0.1) is 0 Å². The molecule has 20 heavy (non-hydrogen) atoms. The van der Waals surface area contributed by atoms with E-state index in [4.69, 9.17) is 0 Å². The summed E-state index contributed by atoms with van der Waals surface area (Å²) in [6, 6.07) is 16.6. The van der Waals surface area contributed by atoms with Gasteiger partial charge in [0.15, 0.2) is 0 Å². The van der Waals surface area contributed by atoms with Crippen molar-refractivity contribution in [2.45, 2.75) is 39.5 Å². The fraction of sp³-hybridized carbons (Fsp3) is 0.316. The van der Waals surface area contributed by atoms with E-state index in [2.05, 4.69) is 57.2 Å². The van der Waals surface area contributed by atoms with Crippen LogP contribution < -0.4 is 0 Å². The van der Waals surface area contributed by atoms with E-state index in [1.807, 2.05) is 12.1 Å². The zero-order valence-corrected chi connectivity index (χ0v) is 12.5. The highest BCUT2D eigenvalue weighted by atomic mass is 16.1. The third kappa shape index (κ3) is 4.06. The van der Waals surface area contributed by atoms with Gasteiger partial charge in [0.2, 0.25) is 0 Å². The van der Waals surface area contributed by atoms with E-state index in [0.29, 0.717) is 18.8 Å². The Labute approximate surface area is 121 Å². The van der Waals surface area contributed by atoms with Crippen LogP contribution in [0.25, 0.3) is 0 Å². The third-order valence-corrected chi connectivity index (χ3v) is 3.57. The lowest BCUT2D eigenvalue weighted by Gasteiger charge is -2.07. The van der Waals surface area contributed by atoms with Crippen LogP contribution in [0.1, 0.15) is 42.0 Å². The average molecular weight is 266 g/mol. The summed E-state index contributed by atoms with van der Waals surface area (Å²) in [7, 11) is 0. The first kappa shape index (κ1) is 14.5. The summed E-state index contributed by atoms with van der Waals surface area (Å²) in [6.07, 6.45) is 1.04. The van der Waals surface area contributed by atoms with E-state index in [0.717, 1.165) is 11.1 Å². The van der Waals surface area contributed by atoms with E-state index in [1.54, 1.807) is 0 Å². The number of aryl methyl sites for hydroxylation is 1. The molecular formula is C19H22O. The summed E-state index contributed by atoms with van der Waals surface area (Å²) in [6.45, 7) is 6.41. The summed E-state index contributed by atoms with van der Waals surface area (Å²) >= 11 is 0. The van der Waals surface area contributed by atoms with Gasteiger partial charge in [-0.05, 0) is 29.5 Å². The molecule has 0 saturated carbocycles. The van der Waals surface area contributed by atoms with Crippen LogP contribution in [-0.2, 0) is 17.6 Å². The van der Waals surface area contributed by atoms with Crippen LogP contribution >= 0.6 is 0 Å². The smallest absolute Gasteiger partial charge is 0.141 e. The SMILES string of the molecule is Cc1ccc(CC(=O)Cc2ccc(C(C)C)cc2)cc1. The summed E-state index contributed by atoms with van der Waals surface area (Å²) in [4.78, 5) is 12.1. The second kappa shape index (κ2) is 6.51. The number of carbonyl (C=O) groups is 1. The van der Waals surface area contributed by atoms with Crippen LogP contribution in [-0.4, -0.2) is 5.78 Å². The third-order valence-electron chi connectivity index (χ3n) is 3.57. The molecular weight excluding hydrogens is 244 g/mol. The summed E-state index contributed by atoms with van der Waals surface area (Å²) < 4.78 is 0. The fourth-order valence-electron chi connectivity index (χ4n) is 2.24. The molecule has 2 rings (SSSR count). The Morgan fingerprint density at radius 3 is 1.75 bits per heavy atom. The number of carbonyl (C=O) groups excluding carboxylic acids is 1. The lowest BCUT2D eigenvalue weighted by Crippen LogP contribution is -2.06. The number of rotatable bonds is 5. The Bertz CT molecular complexity index is 562. The van der Waals surface area contributed by atoms with Crippen molar-refractivity contribution in [2.75, 3.05) is 0 Å². The number of hydrogen-bond donors (Lipinski definition) is 0. The molecule has 0 fully saturated rings. The maximum Gasteiger partial charge on any atom is 0.141 e. The van der Waals surface area contributed by atoms with Crippen molar-refractivity contribution in [3.8, 4) is 0 Å². The molecule has 2 aromatic carbocycles. The molecule has 0 heterocycles. The summed E-state index contributed by atoms with van der Waals surface area (Å²) in [5, 5.41) is 0. The molecule has 2 aromatic rings. The Balaban J connectivity index is 1.95. The molecule has 104 valence electrons. The van der Waals surface area contributed by atoms with Crippen molar-refractivity contribution >= 4 is 5.78 Å². The minimum absolute atomic E-state index is 0.270.